The predicted molar refractivity (Wildman–Crippen MR) is 66.9 cm³/mol. The second-order valence-electron chi connectivity index (χ2n) is 5.39. The molecule has 0 heterocycles. The van der Waals surface area contributed by atoms with E-state index in [4.69, 9.17) is 0 Å². The average molecular weight is 210 g/mol. The summed E-state index contributed by atoms with van der Waals surface area (Å²) in [6.45, 7) is 10.5. The van der Waals surface area contributed by atoms with Crippen LogP contribution in [-0.2, 0) is 4.79 Å². The molecule has 1 nitrogen and oxygen atoms in total. The molecule has 0 saturated carbocycles. The molecule has 0 N–H and O–H groups in total. The van der Waals surface area contributed by atoms with E-state index < -0.39 is 0 Å². The summed E-state index contributed by atoms with van der Waals surface area (Å²) in [5.41, 5.74) is 0.0742. The third-order valence-corrected chi connectivity index (χ3v) is 2.98. The van der Waals surface area contributed by atoms with Crippen LogP contribution in [0.2, 0.25) is 0 Å². The zero-order chi connectivity index (χ0) is 11.9. The lowest BCUT2D eigenvalue weighted by molar-refractivity contribution is -0.120. The molecule has 15 heavy (non-hydrogen) atoms. The first-order valence-corrected chi connectivity index (χ1v) is 6.10. The molecule has 0 amide bonds. The van der Waals surface area contributed by atoms with E-state index in [2.05, 4.69) is 27.7 Å². The van der Waals surface area contributed by atoms with Crippen LogP contribution in [0.5, 0.6) is 0 Å². The highest BCUT2D eigenvalue weighted by Gasteiger charge is 2.24. The van der Waals surface area contributed by atoms with E-state index in [1.807, 2.05) is 13.0 Å². The molecule has 0 rings (SSSR count). The number of carbonyl (C=O) groups excluding carboxylic acids is 1. The van der Waals surface area contributed by atoms with Gasteiger partial charge < -0.3 is 0 Å². The van der Waals surface area contributed by atoms with Gasteiger partial charge in [0.25, 0.3) is 0 Å². The number of hydrogen-bond donors (Lipinski definition) is 0. The molecule has 0 aliphatic heterocycles. The Kier molecular flexibility index (Phi) is 6.55. The van der Waals surface area contributed by atoms with Gasteiger partial charge in [0.05, 0.1) is 0 Å². The highest BCUT2D eigenvalue weighted by Crippen LogP contribution is 2.26. The van der Waals surface area contributed by atoms with Crippen LogP contribution in [0.4, 0.5) is 0 Å². The second-order valence-corrected chi connectivity index (χ2v) is 5.39. The fraction of sp³-hybridized carbons (Fsp3) is 0.786. The topological polar surface area (TPSA) is 17.1 Å². The third kappa shape index (κ3) is 6.48. The van der Waals surface area contributed by atoms with E-state index in [1.54, 1.807) is 6.08 Å². The van der Waals surface area contributed by atoms with Crippen LogP contribution in [0.15, 0.2) is 12.2 Å². The lowest BCUT2D eigenvalue weighted by Crippen LogP contribution is -2.24. The van der Waals surface area contributed by atoms with E-state index in [0.29, 0.717) is 0 Å². The van der Waals surface area contributed by atoms with Crippen molar-refractivity contribution < 1.29 is 4.79 Å². The molecule has 1 heteroatoms. The lowest BCUT2D eigenvalue weighted by Gasteiger charge is -2.24. The Morgan fingerprint density at radius 1 is 1.27 bits per heavy atom. The highest BCUT2D eigenvalue weighted by atomic mass is 16.1. The Hall–Kier alpha value is -0.590. The van der Waals surface area contributed by atoms with Crippen LogP contribution < -0.4 is 0 Å². The number of hydrogen-bond acceptors (Lipinski definition) is 1. The van der Waals surface area contributed by atoms with Gasteiger partial charge in [-0.1, -0.05) is 53.5 Å². The fourth-order valence-electron chi connectivity index (χ4n) is 1.28. The fourth-order valence-corrected chi connectivity index (χ4v) is 1.28. The van der Waals surface area contributed by atoms with Gasteiger partial charge in [0, 0.05) is 5.92 Å². The van der Waals surface area contributed by atoms with Gasteiger partial charge in [-0.25, -0.2) is 0 Å². The first kappa shape index (κ1) is 14.4. The minimum Gasteiger partial charge on any atom is -0.295 e. The zero-order valence-electron chi connectivity index (χ0n) is 11.0. The lowest BCUT2D eigenvalue weighted by atomic mass is 9.79. The minimum absolute atomic E-state index is 0.0742. The van der Waals surface area contributed by atoms with E-state index in [1.165, 1.54) is 19.3 Å². The van der Waals surface area contributed by atoms with E-state index in [9.17, 15) is 4.79 Å². The number of carbonyl (C=O) groups is 1. The van der Waals surface area contributed by atoms with Gasteiger partial charge in [-0.15, -0.1) is 0 Å². The van der Waals surface area contributed by atoms with Crippen LogP contribution in [0.1, 0.15) is 60.3 Å². The maximum absolute atomic E-state index is 11.7. The van der Waals surface area contributed by atoms with Crippen LogP contribution in [0, 0.1) is 11.3 Å². The molecule has 0 aromatic rings. The van der Waals surface area contributed by atoms with Crippen molar-refractivity contribution in [3.8, 4) is 0 Å². The average Bonchev–Trinajstić information content (AvgIpc) is 2.14. The summed E-state index contributed by atoms with van der Waals surface area (Å²) in [6, 6.07) is 0. The summed E-state index contributed by atoms with van der Waals surface area (Å²) < 4.78 is 0. The number of allylic oxidation sites excluding steroid dienone is 2. The summed E-state index contributed by atoms with van der Waals surface area (Å²) in [6.07, 6.45) is 8.53. The zero-order valence-corrected chi connectivity index (χ0v) is 11.0. The molecule has 0 bridgehead atoms. The summed E-state index contributed by atoms with van der Waals surface area (Å²) >= 11 is 0. The Labute approximate surface area is 95.0 Å². The summed E-state index contributed by atoms with van der Waals surface area (Å²) in [7, 11) is 0. The summed E-state index contributed by atoms with van der Waals surface area (Å²) in [5, 5.41) is 0. The quantitative estimate of drug-likeness (QED) is 0.470. The monoisotopic (exact) mass is 210 g/mol. The normalized spacial score (nSPS) is 14.5. The van der Waals surface area contributed by atoms with Crippen molar-refractivity contribution in [3.05, 3.63) is 12.2 Å². The Balaban J connectivity index is 3.92. The molecule has 0 saturated heterocycles. The standard InChI is InChI=1S/C14H26O/c1-6-7-8-9-10-11-13(15)12(2)14(3,4)5/h10-12H,6-9H2,1-5H3/b11-10+. The second kappa shape index (κ2) is 6.81. The van der Waals surface area contributed by atoms with Gasteiger partial charge in [0.15, 0.2) is 5.78 Å². The number of ketones is 1. The van der Waals surface area contributed by atoms with Crippen LogP contribution in [0.25, 0.3) is 0 Å². The third-order valence-electron chi connectivity index (χ3n) is 2.98. The summed E-state index contributed by atoms with van der Waals surface area (Å²) in [5.74, 6) is 0.374. The number of rotatable bonds is 6. The largest absolute Gasteiger partial charge is 0.295 e. The van der Waals surface area contributed by atoms with Crippen molar-refractivity contribution in [2.75, 3.05) is 0 Å². The van der Waals surface area contributed by atoms with Crippen molar-refractivity contribution in [1.29, 1.82) is 0 Å². The predicted octanol–water partition coefficient (Wildman–Crippen LogP) is 4.37. The first-order valence-electron chi connectivity index (χ1n) is 6.10. The Bertz CT molecular complexity index is 208. The SMILES string of the molecule is CCCCC/C=C/C(=O)C(C)C(C)(C)C. The van der Waals surface area contributed by atoms with Crippen LogP contribution >= 0.6 is 0 Å². The van der Waals surface area contributed by atoms with Crippen molar-refractivity contribution in [1.82, 2.24) is 0 Å². The molecular formula is C14H26O. The van der Waals surface area contributed by atoms with Gasteiger partial charge in [0.1, 0.15) is 0 Å². The molecule has 0 spiro atoms. The Morgan fingerprint density at radius 2 is 1.87 bits per heavy atom. The maximum Gasteiger partial charge on any atom is 0.158 e. The van der Waals surface area contributed by atoms with E-state index in [0.717, 1.165) is 6.42 Å². The van der Waals surface area contributed by atoms with Gasteiger partial charge >= 0.3 is 0 Å². The molecule has 0 aromatic carbocycles. The van der Waals surface area contributed by atoms with Gasteiger partial charge in [0.2, 0.25) is 0 Å². The van der Waals surface area contributed by atoms with E-state index >= 15 is 0 Å². The maximum atomic E-state index is 11.7. The van der Waals surface area contributed by atoms with Crippen molar-refractivity contribution in [2.24, 2.45) is 11.3 Å². The van der Waals surface area contributed by atoms with Gasteiger partial charge in [-0.05, 0) is 24.3 Å². The molecule has 1 atom stereocenters. The van der Waals surface area contributed by atoms with Crippen molar-refractivity contribution in [2.45, 2.75) is 60.3 Å². The highest BCUT2D eigenvalue weighted by molar-refractivity contribution is 5.91. The Morgan fingerprint density at radius 3 is 2.33 bits per heavy atom. The van der Waals surface area contributed by atoms with Crippen molar-refractivity contribution >= 4 is 5.78 Å². The van der Waals surface area contributed by atoms with Gasteiger partial charge in [-0.2, -0.15) is 0 Å². The van der Waals surface area contributed by atoms with Crippen LogP contribution in [0.3, 0.4) is 0 Å². The van der Waals surface area contributed by atoms with Crippen molar-refractivity contribution in [3.63, 3.8) is 0 Å². The molecule has 0 aliphatic carbocycles. The molecule has 0 radical (unpaired) electrons. The summed E-state index contributed by atoms with van der Waals surface area (Å²) in [4.78, 5) is 11.7. The molecule has 1 unspecified atom stereocenters. The smallest absolute Gasteiger partial charge is 0.158 e. The van der Waals surface area contributed by atoms with Gasteiger partial charge in [-0.3, -0.25) is 4.79 Å². The van der Waals surface area contributed by atoms with E-state index in [-0.39, 0.29) is 17.1 Å². The number of unbranched alkanes of at least 4 members (excludes halogenated alkanes) is 3. The molecule has 88 valence electrons. The van der Waals surface area contributed by atoms with Crippen LogP contribution in [-0.4, -0.2) is 5.78 Å². The first-order chi connectivity index (χ1) is 6.89. The molecule has 0 aliphatic rings. The molecule has 0 fully saturated rings. The minimum atomic E-state index is 0.0742. The molecular weight excluding hydrogens is 184 g/mol. The molecule has 0 aromatic heterocycles.